The van der Waals surface area contributed by atoms with Gasteiger partial charge in [0.05, 0.1) is 18.7 Å². The molecule has 1 aromatic heterocycles. The summed E-state index contributed by atoms with van der Waals surface area (Å²) in [4.78, 5) is 14.0. The highest BCUT2D eigenvalue weighted by molar-refractivity contribution is 6.00. The van der Waals surface area contributed by atoms with Crippen LogP contribution in [0.25, 0.3) is 10.8 Å². The van der Waals surface area contributed by atoms with Crippen molar-refractivity contribution in [1.82, 2.24) is 25.5 Å². The second-order valence-electron chi connectivity index (χ2n) is 7.15. The number of fused-ring (bicyclic) bond motifs is 1. The van der Waals surface area contributed by atoms with Crippen LogP contribution in [0.4, 0.5) is 13.2 Å². The largest absolute Gasteiger partial charge is 0.457 e. The van der Waals surface area contributed by atoms with Crippen LogP contribution in [-0.4, -0.2) is 26.1 Å². The molecular formula is C22H18F3N5O2. The van der Waals surface area contributed by atoms with Gasteiger partial charge in [-0.15, -0.1) is 10.2 Å². The molecule has 0 saturated heterocycles. The molecule has 0 radical (unpaired) electrons. The van der Waals surface area contributed by atoms with Crippen molar-refractivity contribution in [2.45, 2.75) is 19.1 Å². The molecule has 0 spiro atoms. The van der Waals surface area contributed by atoms with Crippen LogP contribution in [0.3, 0.4) is 0 Å². The maximum absolute atomic E-state index is 12.7. The van der Waals surface area contributed by atoms with E-state index in [0.29, 0.717) is 22.5 Å². The zero-order valence-electron chi connectivity index (χ0n) is 17.1. The Balaban J connectivity index is 1.54. The van der Waals surface area contributed by atoms with Gasteiger partial charge in [-0.1, -0.05) is 12.1 Å². The number of tetrazole rings is 1. The van der Waals surface area contributed by atoms with Crippen molar-refractivity contribution in [2.75, 3.05) is 0 Å². The molecule has 1 heterocycles. The van der Waals surface area contributed by atoms with Crippen LogP contribution in [0.2, 0.25) is 0 Å². The number of hydrogen-bond donors (Lipinski definition) is 1. The molecule has 1 atom stereocenters. The Morgan fingerprint density at radius 2 is 1.84 bits per heavy atom. The Morgan fingerprint density at radius 1 is 1.09 bits per heavy atom. The lowest BCUT2D eigenvalue weighted by atomic mass is 10.1. The van der Waals surface area contributed by atoms with E-state index in [9.17, 15) is 18.0 Å². The maximum atomic E-state index is 12.7. The standard InChI is InChI=1S/C22H18F3N5O2/c1-13(20-27-29-30(2)28-20)26-21(31)15-6-11-18-14(12-15)4-3-5-19(18)32-17-9-7-16(8-10-17)22(23,24)25/h3-13H,1-2H3,(H,26,31)/t13-/m0/s1. The molecule has 164 valence electrons. The van der Waals surface area contributed by atoms with E-state index in [2.05, 4.69) is 20.7 Å². The van der Waals surface area contributed by atoms with Crippen LogP contribution < -0.4 is 10.1 Å². The van der Waals surface area contributed by atoms with Crippen molar-refractivity contribution >= 4 is 16.7 Å². The zero-order valence-corrected chi connectivity index (χ0v) is 17.1. The number of halogens is 3. The zero-order chi connectivity index (χ0) is 22.9. The van der Waals surface area contributed by atoms with Crippen molar-refractivity contribution in [1.29, 1.82) is 0 Å². The maximum Gasteiger partial charge on any atom is 0.416 e. The van der Waals surface area contributed by atoms with Gasteiger partial charge in [-0.3, -0.25) is 4.79 Å². The molecule has 1 amide bonds. The Labute approximate surface area is 180 Å². The SMILES string of the molecule is C[C@H](NC(=O)c1ccc2c(Oc3ccc(C(F)(F)F)cc3)cccc2c1)c1nnn(C)n1. The lowest BCUT2D eigenvalue weighted by Gasteiger charge is -2.13. The van der Waals surface area contributed by atoms with Crippen molar-refractivity contribution in [2.24, 2.45) is 7.05 Å². The second-order valence-corrected chi connectivity index (χ2v) is 7.15. The fraction of sp³-hybridized carbons (Fsp3) is 0.182. The average Bonchev–Trinajstić information content (AvgIpc) is 3.20. The van der Waals surface area contributed by atoms with Crippen LogP contribution in [0.1, 0.15) is 34.7 Å². The van der Waals surface area contributed by atoms with Crippen molar-refractivity contribution < 1.29 is 22.7 Å². The van der Waals surface area contributed by atoms with E-state index >= 15 is 0 Å². The van der Waals surface area contributed by atoms with Crippen molar-refractivity contribution in [3.05, 3.63) is 77.6 Å². The summed E-state index contributed by atoms with van der Waals surface area (Å²) in [7, 11) is 1.64. The van der Waals surface area contributed by atoms with Gasteiger partial charge >= 0.3 is 6.18 Å². The highest BCUT2D eigenvalue weighted by Crippen LogP contribution is 2.33. The number of ether oxygens (including phenoxy) is 1. The van der Waals surface area contributed by atoms with Gasteiger partial charge in [0.15, 0.2) is 5.82 Å². The molecule has 3 aromatic carbocycles. The quantitative estimate of drug-likeness (QED) is 0.487. The molecule has 0 bridgehead atoms. The van der Waals surface area contributed by atoms with Gasteiger partial charge in [-0.05, 0) is 66.1 Å². The third kappa shape index (κ3) is 4.53. The monoisotopic (exact) mass is 441 g/mol. The number of alkyl halides is 3. The molecule has 0 unspecified atom stereocenters. The minimum atomic E-state index is -4.41. The molecule has 0 aliphatic heterocycles. The van der Waals surface area contributed by atoms with Gasteiger partial charge in [0, 0.05) is 10.9 Å². The predicted octanol–water partition coefficient (Wildman–Crippen LogP) is 4.67. The Morgan fingerprint density at radius 3 is 2.50 bits per heavy atom. The van der Waals surface area contributed by atoms with E-state index in [1.807, 2.05) is 6.07 Å². The predicted molar refractivity (Wildman–Crippen MR) is 110 cm³/mol. The number of amides is 1. The number of carbonyl (C=O) groups is 1. The minimum absolute atomic E-state index is 0.276. The number of rotatable bonds is 5. The minimum Gasteiger partial charge on any atom is -0.457 e. The number of benzene rings is 3. The molecule has 4 aromatic rings. The van der Waals surface area contributed by atoms with Gasteiger partial charge in [0.2, 0.25) is 0 Å². The smallest absolute Gasteiger partial charge is 0.416 e. The van der Waals surface area contributed by atoms with E-state index in [1.54, 1.807) is 44.3 Å². The fourth-order valence-electron chi connectivity index (χ4n) is 3.14. The van der Waals surface area contributed by atoms with Crippen LogP contribution >= 0.6 is 0 Å². The van der Waals surface area contributed by atoms with E-state index in [0.717, 1.165) is 17.5 Å². The second kappa shape index (κ2) is 8.29. The number of nitrogens with zero attached hydrogens (tertiary/aromatic N) is 4. The summed E-state index contributed by atoms with van der Waals surface area (Å²) in [5, 5.41) is 16.0. The summed E-state index contributed by atoms with van der Waals surface area (Å²) in [6, 6.07) is 14.4. The fourth-order valence-corrected chi connectivity index (χ4v) is 3.14. The normalized spacial score (nSPS) is 12.5. The first-order chi connectivity index (χ1) is 15.2. The van der Waals surface area contributed by atoms with E-state index in [-0.39, 0.29) is 11.7 Å². The molecule has 10 heteroatoms. The van der Waals surface area contributed by atoms with E-state index in [1.165, 1.54) is 16.9 Å². The Kier molecular flexibility index (Phi) is 5.52. The summed E-state index contributed by atoms with van der Waals surface area (Å²) in [5.74, 6) is 0.832. The number of nitrogens with one attached hydrogen (secondary N) is 1. The number of hydrogen-bond acceptors (Lipinski definition) is 5. The lowest BCUT2D eigenvalue weighted by molar-refractivity contribution is -0.137. The first-order valence-electron chi connectivity index (χ1n) is 9.63. The Hall–Kier alpha value is -3.95. The number of carbonyl (C=O) groups excluding carboxylic acids is 1. The molecule has 0 aliphatic rings. The average molecular weight is 441 g/mol. The first-order valence-corrected chi connectivity index (χ1v) is 9.63. The number of aryl methyl sites for hydroxylation is 1. The molecule has 1 N–H and O–H groups in total. The van der Waals surface area contributed by atoms with Crippen LogP contribution in [0.15, 0.2) is 60.7 Å². The van der Waals surface area contributed by atoms with Gasteiger partial charge in [0.1, 0.15) is 11.5 Å². The molecule has 0 saturated carbocycles. The van der Waals surface area contributed by atoms with Crippen LogP contribution in [0, 0.1) is 0 Å². The van der Waals surface area contributed by atoms with Gasteiger partial charge in [-0.2, -0.15) is 18.0 Å². The van der Waals surface area contributed by atoms with E-state index in [4.69, 9.17) is 4.74 Å². The number of aromatic nitrogens is 4. The van der Waals surface area contributed by atoms with Gasteiger partial charge in [-0.25, -0.2) is 0 Å². The third-order valence-corrected chi connectivity index (χ3v) is 4.77. The summed E-state index contributed by atoms with van der Waals surface area (Å²) in [5.41, 5.74) is -0.316. The Bertz CT molecular complexity index is 1270. The summed E-state index contributed by atoms with van der Waals surface area (Å²) >= 11 is 0. The molecule has 32 heavy (non-hydrogen) atoms. The van der Waals surface area contributed by atoms with E-state index < -0.39 is 17.8 Å². The van der Waals surface area contributed by atoms with Crippen molar-refractivity contribution in [3.63, 3.8) is 0 Å². The first kappa shape index (κ1) is 21.3. The van der Waals surface area contributed by atoms with Crippen molar-refractivity contribution in [3.8, 4) is 11.5 Å². The molecule has 0 aliphatic carbocycles. The molecule has 0 fully saturated rings. The van der Waals surface area contributed by atoms with Crippen LogP contribution in [-0.2, 0) is 13.2 Å². The summed E-state index contributed by atoms with van der Waals surface area (Å²) in [6.45, 7) is 1.76. The highest BCUT2D eigenvalue weighted by Gasteiger charge is 2.30. The topological polar surface area (TPSA) is 81.9 Å². The highest BCUT2D eigenvalue weighted by atomic mass is 19.4. The molecule has 7 nitrogen and oxygen atoms in total. The van der Waals surface area contributed by atoms with Gasteiger partial charge in [0.25, 0.3) is 5.91 Å². The molecule has 4 rings (SSSR count). The van der Waals surface area contributed by atoms with Crippen LogP contribution in [0.5, 0.6) is 11.5 Å². The summed E-state index contributed by atoms with van der Waals surface area (Å²) in [6.07, 6.45) is -4.41. The molecular weight excluding hydrogens is 423 g/mol. The summed E-state index contributed by atoms with van der Waals surface area (Å²) < 4.78 is 44.0. The third-order valence-electron chi connectivity index (χ3n) is 4.77. The lowest BCUT2D eigenvalue weighted by Crippen LogP contribution is -2.27. The van der Waals surface area contributed by atoms with Gasteiger partial charge < -0.3 is 10.1 Å².